The number of amides is 1. The Balaban J connectivity index is 1.64. The third-order valence-corrected chi connectivity index (χ3v) is 7.05. The van der Waals surface area contributed by atoms with Crippen LogP contribution in [-0.4, -0.2) is 31.4 Å². The van der Waals surface area contributed by atoms with Crippen LogP contribution in [0.4, 0.5) is 6.01 Å². The molecule has 0 aliphatic heterocycles. The molecule has 0 aromatic carbocycles. The van der Waals surface area contributed by atoms with Crippen molar-refractivity contribution in [3.05, 3.63) is 26.6 Å². The van der Waals surface area contributed by atoms with Crippen molar-refractivity contribution < 1.29 is 9.32 Å². The SMILES string of the molecule is Cc1noc(NC(=O)CSc2nc3sc(C)c(C)c3c(=O)n2C2CCCC2)n1. The molecule has 28 heavy (non-hydrogen) atoms. The summed E-state index contributed by atoms with van der Waals surface area (Å²) in [5, 5.41) is 7.53. The minimum Gasteiger partial charge on any atom is -0.315 e. The highest BCUT2D eigenvalue weighted by molar-refractivity contribution is 7.99. The summed E-state index contributed by atoms with van der Waals surface area (Å²) in [7, 11) is 0. The number of hydrogen-bond donors (Lipinski definition) is 1. The van der Waals surface area contributed by atoms with Gasteiger partial charge in [-0.3, -0.25) is 19.5 Å². The van der Waals surface area contributed by atoms with Crippen molar-refractivity contribution in [1.82, 2.24) is 19.7 Å². The first-order valence-corrected chi connectivity index (χ1v) is 11.0. The second-order valence-electron chi connectivity index (χ2n) is 6.95. The van der Waals surface area contributed by atoms with E-state index in [0.29, 0.717) is 16.4 Å². The summed E-state index contributed by atoms with van der Waals surface area (Å²) in [5.41, 5.74) is 1.01. The molecule has 1 aliphatic carbocycles. The zero-order valence-electron chi connectivity index (χ0n) is 15.9. The standard InChI is InChI=1S/C18H21N5O3S2/c1-9-10(2)28-15-14(9)16(25)23(12-6-4-5-7-12)18(21-15)27-8-13(24)20-17-19-11(3)22-26-17/h12H,4-8H2,1-3H3,(H,19,20,22,24). The summed E-state index contributed by atoms with van der Waals surface area (Å²) in [4.78, 5) is 36.1. The van der Waals surface area contributed by atoms with E-state index in [2.05, 4.69) is 15.5 Å². The van der Waals surface area contributed by atoms with E-state index in [9.17, 15) is 9.59 Å². The Kier molecular flexibility index (Phi) is 5.24. The van der Waals surface area contributed by atoms with Crippen molar-refractivity contribution in [3.8, 4) is 0 Å². The van der Waals surface area contributed by atoms with Gasteiger partial charge in [0.05, 0.1) is 11.1 Å². The molecule has 1 saturated carbocycles. The third kappa shape index (κ3) is 3.58. The maximum absolute atomic E-state index is 13.3. The van der Waals surface area contributed by atoms with Crippen LogP contribution in [0.1, 0.15) is 48.0 Å². The van der Waals surface area contributed by atoms with Gasteiger partial charge in [-0.15, -0.1) is 11.3 Å². The lowest BCUT2D eigenvalue weighted by Gasteiger charge is -2.17. The first-order valence-electron chi connectivity index (χ1n) is 9.19. The van der Waals surface area contributed by atoms with Crippen molar-refractivity contribution in [2.75, 3.05) is 11.1 Å². The summed E-state index contributed by atoms with van der Waals surface area (Å²) in [6.45, 7) is 5.66. The number of thiophene rings is 1. The van der Waals surface area contributed by atoms with Gasteiger partial charge in [-0.25, -0.2) is 4.98 Å². The van der Waals surface area contributed by atoms with Crippen LogP contribution in [0.3, 0.4) is 0 Å². The number of nitrogens with one attached hydrogen (secondary N) is 1. The zero-order valence-corrected chi connectivity index (χ0v) is 17.6. The van der Waals surface area contributed by atoms with E-state index in [1.165, 1.54) is 23.1 Å². The molecule has 148 valence electrons. The molecule has 0 unspecified atom stereocenters. The van der Waals surface area contributed by atoms with Crippen molar-refractivity contribution >= 4 is 45.2 Å². The summed E-state index contributed by atoms with van der Waals surface area (Å²) in [6, 6.07) is 0.220. The highest BCUT2D eigenvalue weighted by Gasteiger charge is 2.25. The summed E-state index contributed by atoms with van der Waals surface area (Å²) < 4.78 is 6.72. The number of thioether (sulfide) groups is 1. The fraction of sp³-hybridized carbons (Fsp3) is 0.500. The number of hydrogen-bond acceptors (Lipinski definition) is 8. The number of nitrogens with zero attached hydrogens (tertiary/aromatic N) is 4. The fourth-order valence-corrected chi connectivity index (χ4v) is 5.44. The van der Waals surface area contributed by atoms with Crippen molar-refractivity contribution in [2.24, 2.45) is 0 Å². The highest BCUT2D eigenvalue weighted by Crippen LogP contribution is 2.34. The fourth-order valence-electron chi connectivity index (χ4n) is 3.51. The quantitative estimate of drug-likeness (QED) is 0.498. The largest absolute Gasteiger partial charge is 0.328 e. The lowest BCUT2D eigenvalue weighted by Crippen LogP contribution is -2.27. The first kappa shape index (κ1) is 19.1. The molecular weight excluding hydrogens is 398 g/mol. The average molecular weight is 420 g/mol. The van der Waals surface area contributed by atoms with Gasteiger partial charge >= 0.3 is 6.01 Å². The van der Waals surface area contributed by atoms with Crippen LogP contribution in [0.2, 0.25) is 0 Å². The van der Waals surface area contributed by atoms with Gasteiger partial charge in [0.2, 0.25) is 5.91 Å². The Morgan fingerprint density at radius 3 is 2.71 bits per heavy atom. The predicted octanol–water partition coefficient (Wildman–Crippen LogP) is 3.61. The summed E-state index contributed by atoms with van der Waals surface area (Å²) in [6.07, 6.45) is 4.16. The molecule has 0 atom stereocenters. The Hall–Kier alpha value is -2.20. The maximum atomic E-state index is 13.3. The normalized spacial score (nSPS) is 14.8. The minimum absolute atomic E-state index is 0.00850. The van der Waals surface area contributed by atoms with Crippen LogP contribution in [-0.2, 0) is 4.79 Å². The lowest BCUT2D eigenvalue weighted by atomic mass is 10.2. The van der Waals surface area contributed by atoms with Crippen LogP contribution < -0.4 is 10.9 Å². The van der Waals surface area contributed by atoms with Gasteiger partial charge in [-0.1, -0.05) is 29.8 Å². The molecule has 1 fully saturated rings. The Bertz CT molecular complexity index is 1090. The minimum atomic E-state index is -0.278. The Morgan fingerprint density at radius 2 is 2.04 bits per heavy atom. The van der Waals surface area contributed by atoms with Crippen molar-refractivity contribution in [2.45, 2.75) is 57.7 Å². The molecule has 0 spiro atoms. The molecule has 1 aliphatic rings. The molecule has 4 rings (SSSR count). The second-order valence-corrected chi connectivity index (χ2v) is 9.10. The van der Waals surface area contributed by atoms with Gasteiger partial charge in [0.1, 0.15) is 4.83 Å². The molecule has 1 amide bonds. The first-order chi connectivity index (χ1) is 13.4. The number of carbonyl (C=O) groups excluding carboxylic acids is 1. The van der Waals surface area contributed by atoms with E-state index in [1.807, 2.05) is 18.4 Å². The molecule has 10 heteroatoms. The molecule has 0 saturated heterocycles. The van der Waals surface area contributed by atoms with Crippen LogP contribution in [0, 0.1) is 20.8 Å². The van der Waals surface area contributed by atoms with Gasteiger partial charge in [-0.05, 0) is 39.2 Å². The molecule has 3 aromatic heterocycles. The van der Waals surface area contributed by atoms with E-state index < -0.39 is 0 Å². The van der Waals surface area contributed by atoms with Crippen molar-refractivity contribution in [3.63, 3.8) is 0 Å². The number of aromatic nitrogens is 4. The highest BCUT2D eigenvalue weighted by atomic mass is 32.2. The second kappa shape index (κ2) is 7.67. The van der Waals surface area contributed by atoms with E-state index in [4.69, 9.17) is 9.51 Å². The lowest BCUT2D eigenvalue weighted by molar-refractivity contribution is -0.114. The Labute approximate surface area is 169 Å². The van der Waals surface area contributed by atoms with Crippen molar-refractivity contribution in [1.29, 1.82) is 0 Å². The molecule has 3 aromatic rings. The molecule has 1 N–H and O–H groups in total. The van der Waals surface area contributed by atoms with Crippen LogP contribution in [0.25, 0.3) is 10.2 Å². The summed E-state index contributed by atoms with van der Waals surface area (Å²) >= 11 is 2.80. The number of anilines is 1. The zero-order chi connectivity index (χ0) is 19.8. The van der Waals surface area contributed by atoms with Gasteiger partial charge in [0.15, 0.2) is 11.0 Å². The van der Waals surface area contributed by atoms with Crippen LogP contribution >= 0.6 is 23.1 Å². The Morgan fingerprint density at radius 1 is 1.29 bits per heavy atom. The topological polar surface area (TPSA) is 103 Å². The van der Waals surface area contributed by atoms with Gasteiger partial charge in [0, 0.05) is 10.9 Å². The average Bonchev–Trinajstić information content (AvgIpc) is 3.36. The monoisotopic (exact) mass is 419 g/mol. The van der Waals surface area contributed by atoms with Crippen LogP contribution in [0.5, 0.6) is 0 Å². The van der Waals surface area contributed by atoms with E-state index in [1.54, 1.807) is 6.92 Å². The molecule has 8 nitrogen and oxygen atoms in total. The number of carbonyl (C=O) groups is 1. The predicted molar refractivity (Wildman–Crippen MR) is 109 cm³/mol. The summed E-state index contributed by atoms with van der Waals surface area (Å²) in [5.74, 6) is 0.281. The molecule has 0 bridgehead atoms. The van der Waals surface area contributed by atoms with E-state index >= 15 is 0 Å². The molecule has 3 heterocycles. The number of fused-ring (bicyclic) bond motifs is 1. The number of rotatable bonds is 5. The smallest absolute Gasteiger partial charge is 0.315 e. The van der Waals surface area contributed by atoms with Gasteiger partial charge in [0.25, 0.3) is 5.56 Å². The van der Waals surface area contributed by atoms with Gasteiger partial charge < -0.3 is 4.52 Å². The van der Waals surface area contributed by atoms with Crippen LogP contribution in [0.15, 0.2) is 14.5 Å². The van der Waals surface area contributed by atoms with Gasteiger partial charge in [-0.2, -0.15) is 4.98 Å². The van der Waals surface area contributed by atoms with E-state index in [-0.39, 0.29) is 29.3 Å². The third-order valence-electron chi connectivity index (χ3n) is 5.00. The molecular formula is C18H21N5O3S2. The maximum Gasteiger partial charge on any atom is 0.328 e. The molecule has 0 radical (unpaired) electrons. The number of aryl methyl sites for hydroxylation is 3. The van der Waals surface area contributed by atoms with E-state index in [0.717, 1.165) is 41.0 Å².